The molecule has 1 unspecified atom stereocenters. The van der Waals surface area contributed by atoms with E-state index in [9.17, 15) is 8.42 Å². The monoisotopic (exact) mass is 299 g/mol. The molecule has 2 rings (SSSR count). The number of H-pyrrole nitrogens is 1. The molecule has 4 N–H and O–H groups in total. The number of nitrogens with one attached hydrogen (secondary N) is 2. The van der Waals surface area contributed by atoms with E-state index >= 15 is 0 Å². The third-order valence-electron chi connectivity index (χ3n) is 4.21. The maximum Gasteiger partial charge on any atom is 0.242 e. The molecule has 6 heteroatoms. The lowest BCUT2D eigenvalue weighted by atomic mass is 9.83. The van der Waals surface area contributed by atoms with Crippen molar-refractivity contribution in [2.75, 3.05) is 0 Å². The normalized spacial score (nSPS) is 19.1. The molecule has 0 amide bonds. The van der Waals surface area contributed by atoms with Crippen LogP contribution in [0.2, 0.25) is 0 Å². The van der Waals surface area contributed by atoms with Crippen molar-refractivity contribution in [3.05, 3.63) is 18.0 Å². The van der Waals surface area contributed by atoms with Gasteiger partial charge < -0.3 is 10.7 Å². The van der Waals surface area contributed by atoms with Crippen molar-refractivity contribution in [1.29, 1.82) is 0 Å². The van der Waals surface area contributed by atoms with Crippen molar-refractivity contribution in [1.82, 2.24) is 9.71 Å². The Morgan fingerprint density at radius 1 is 1.40 bits per heavy atom. The summed E-state index contributed by atoms with van der Waals surface area (Å²) in [7, 11) is -3.45. The molecule has 0 aliphatic heterocycles. The molecule has 0 spiro atoms. The second-order valence-electron chi connectivity index (χ2n) is 5.60. The topological polar surface area (TPSA) is 88.0 Å². The number of hydrogen-bond acceptors (Lipinski definition) is 3. The Labute approximate surface area is 121 Å². The highest BCUT2D eigenvalue weighted by Crippen LogP contribution is 2.28. The van der Waals surface area contributed by atoms with Gasteiger partial charge in [-0.3, -0.25) is 0 Å². The molecule has 1 saturated carbocycles. The lowest BCUT2D eigenvalue weighted by Gasteiger charge is -2.29. The summed E-state index contributed by atoms with van der Waals surface area (Å²) in [5, 5.41) is 0. The molecule has 0 saturated heterocycles. The summed E-state index contributed by atoms with van der Waals surface area (Å²) >= 11 is 0. The third-order valence-corrected chi connectivity index (χ3v) is 5.68. The van der Waals surface area contributed by atoms with Crippen molar-refractivity contribution in [3.8, 4) is 0 Å². The van der Waals surface area contributed by atoms with E-state index in [1.807, 2.05) is 6.92 Å². The summed E-state index contributed by atoms with van der Waals surface area (Å²) in [6, 6.07) is 1.65. The first kappa shape index (κ1) is 15.5. The van der Waals surface area contributed by atoms with Crippen LogP contribution in [0.25, 0.3) is 0 Å². The van der Waals surface area contributed by atoms with Crippen LogP contribution in [-0.2, 0) is 16.6 Å². The average molecular weight is 299 g/mol. The van der Waals surface area contributed by atoms with Gasteiger partial charge in [0.05, 0.1) is 4.90 Å². The fourth-order valence-corrected chi connectivity index (χ4v) is 4.41. The van der Waals surface area contributed by atoms with Crippen LogP contribution >= 0.6 is 0 Å². The number of hydrogen-bond donors (Lipinski definition) is 3. The Kier molecular flexibility index (Phi) is 5.23. The Balaban J connectivity index is 2.08. The summed E-state index contributed by atoms with van der Waals surface area (Å²) in [6.07, 6.45) is 8.30. The summed E-state index contributed by atoms with van der Waals surface area (Å²) < 4.78 is 27.7. The summed E-state index contributed by atoms with van der Waals surface area (Å²) in [5.74, 6) is 0.469. The van der Waals surface area contributed by atoms with E-state index in [1.165, 1.54) is 25.5 Å². The first-order valence-electron chi connectivity index (χ1n) is 7.46. The van der Waals surface area contributed by atoms with Crippen molar-refractivity contribution in [2.24, 2.45) is 11.7 Å². The molecular weight excluding hydrogens is 274 g/mol. The molecule has 1 heterocycles. The smallest absolute Gasteiger partial charge is 0.242 e. The fraction of sp³-hybridized carbons (Fsp3) is 0.714. The first-order valence-corrected chi connectivity index (χ1v) is 8.95. The second kappa shape index (κ2) is 6.74. The summed E-state index contributed by atoms with van der Waals surface area (Å²) in [6.45, 7) is 2.36. The van der Waals surface area contributed by atoms with Gasteiger partial charge in [-0.05, 0) is 31.2 Å². The Bertz CT molecular complexity index is 518. The molecule has 1 aromatic rings. The molecule has 0 bridgehead atoms. The predicted molar refractivity (Wildman–Crippen MR) is 79.7 cm³/mol. The van der Waals surface area contributed by atoms with Gasteiger partial charge >= 0.3 is 0 Å². The van der Waals surface area contributed by atoms with Gasteiger partial charge in [0.25, 0.3) is 0 Å². The minimum absolute atomic E-state index is 0.0385. The minimum Gasteiger partial charge on any atom is -0.363 e. The quantitative estimate of drug-likeness (QED) is 0.751. The Morgan fingerprint density at radius 2 is 2.10 bits per heavy atom. The van der Waals surface area contributed by atoms with E-state index in [0.717, 1.165) is 25.0 Å². The van der Waals surface area contributed by atoms with E-state index in [4.69, 9.17) is 5.73 Å². The van der Waals surface area contributed by atoms with Crippen LogP contribution in [0.4, 0.5) is 0 Å². The summed E-state index contributed by atoms with van der Waals surface area (Å²) in [5.41, 5.74) is 6.24. The van der Waals surface area contributed by atoms with Crippen molar-refractivity contribution in [2.45, 2.75) is 62.9 Å². The van der Waals surface area contributed by atoms with Crippen LogP contribution in [0.5, 0.6) is 0 Å². The van der Waals surface area contributed by atoms with E-state index in [-0.39, 0.29) is 10.9 Å². The van der Waals surface area contributed by atoms with E-state index in [1.54, 1.807) is 6.07 Å². The zero-order valence-corrected chi connectivity index (χ0v) is 12.9. The van der Waals surface area contributed by atoms with Gasteiger partial charge in [0.1, 0.15) is 0 Å². The molecule has 1 aromatic heterocycles. The Morgan fingerprint density at radius 3 is 2.65 bits per heavy atom. The maximum atomic E-state index is 12.4. The second-order valence-corrected chi connectivity index (χ2v) is 7.31. The molecule has 1 aliphatic rings. The standard InChI is InChI=1S/C14H25N3O2S/c1-2-14(11-6-4-3-5-7-11)17-20(18,19)13-8-12(9-15)16-10-13/h8,10-11,14,16-17H,2-7,9,15H2,1H3. The van der Waals surface area contributed by atoms with Crippen LogP contribution in [0.3, 0.4) is 0 Å². The van der Waals surface area contributed by atoms with Gasteiger partial charge in [-0.1, -0.05) is 26.2 Å². The molecule has 5 nitrogen and oxygen atoms in total. The van der Waals surface area contributed by atoms with Crippen LogP contribution in [0, 0.1) is 5.92 Å². The molecular formula is C14H25N3O2S. The number of sulfonamides is 1. The van der Waals surface area contributed by atoms with E-state index < -0.39 is 10.0 Å². The molecule has 0 radical (unpaired) electrons. The predicted octanol–water partition coefficient (Wildman–Crippen LogP) is 2.11. The lowest BCUT2D eigenvalue weighted by molar-refractivity contribution is 0.285. The van der Waals surface area contributed by atoms with Gasteiger partial charge in [-0.15, -0.1) is 0 Å². The number of rotatable bonds is 6. The average Bonchev–Trinajstić information content (AvgIpc) is 2.95. The minimum atomic E-state index is -3.45. The van der Waals surface area contributed by atoms with Crippen molar-refractivity contribution < 1.29 is 8.42 Å². The van der Waals surface area contributed by atoms with Gasteiger partial charge in [-0.25, -0.2) is 13.1 Å². The Hall–Kier alpha value is -0.850. The molecule has 20 heavy (non-hydrogen) atoms. The lowest BCUT2D eigenvalue weighted by Crippen LogP contribution is -2.40. The van der Waals surface area contributed by atoms with Crippen LogP contribution in [0.15, 0.2) is 17.2 Å². The number of aromatic amines is 1. The molecule has 0 aromatic carbocycles. The highest BCUT2D eigenvalue weighted by molar-refractivity contribution is 7.89. The highest BCUT2D eigenvalue weighted by atomic mass is 32.2. The number of nitrogens with two attached hydrogens (primary N) is 1. The van der Waals surface area contributed by atoms with E-state index in [2.05, 4.69) is 9.71 Å². The van der Waals surface area contributed by atoms with Crippen molar-refractivity contribution >= 4 is 10.0 Å². The van der Waals surface area contributed by atoms with Crippen LogP contribution in [0.1, 0.15) is 51.1 Å². The van der Waals surface area contributed by atoms with Gasteiger partial charge in [-0.2, -0.15) is 0 Å². The molecule has 1 fully saturated rings. The van der Waals surface area contributed by atoms with Crippen LogP contribution < -0.4 is 10.5 Å². The largest absolute Gasteiger partial charge is 0.363 e. The van der Waals surface area contributed by atoms with Gasteiger partial charge in [0.15, 0.2) is 0 Å². The third kappa shape index (κ3) is 3.62. The number of aromatic nitrogens is 1. The highest BCUT2D eigenvalue weighted by Gasteiger charge is 2.27. The zero-order valence-electron chi connectivity index (χ0n) is 12.1. The van der Waals surface area contributed by atoms with Crippen LogP contribution in [-0.4, -0.2) is 19.4 Å². The maximum absolute atomic E-state index is 12.4. The van der Waals surface area contributed by atoms with Gasteiger partial charge in [0, 0.05) is 24.5 Å². The van der Waals surface area contributed by atoms with E-state index in [0.29, 0.717) is 12.5 Å². The first-order chi connectivity index (χ1) is 9.56. The molecule has 114 valence electrons. The van der Waals surface area contributed by atoms with Gasteiger partial charge in [0.2, 0.25) is 10.0 Å². The fourth-order valence-electron chi connectivity index (χ4n) is 3.01. The SMILES string of the molecule is CCC(NS(=O)(=O)c1c[nH]c(CN)c1)C1CCCCC1. The van der Waals surface area contributed by atoms with Crippen molar-refractivity contribution in [3.63, 3.8) is 0 Å². The summed E-state index contributed by atoms with van der Waals surface area (Å²) in [4.78, 5) is 3.17. The molecule has 1 atom stereocenters. The zero-order chi connectivity index (χ0) is 14.6. The molecule has 1 aliphatic carbocycles.